The molecule has 0 unspecified atom stereocenters. The Morgan fingerprint density at radius 2 is 1.90 bits per heavy atom. The van der Waals surface area contributed by atoms with Gasteiger partial charge in [0.15, 0.2) is 6.61 Å². The van der Waals surface area contributed by atoms with Crippen LogP contribution in [-0.4, -0.2) is 35.9 Å². The molecule has 5 nitrogen and oxygen atoms in total. The molecule has 156 valence electrons. The standard InChI is InChI=1S/C23H29ClN2O3/c1-4-5-13-25-23(28)18(3)26(15-19-8-6-7-17(2)14-19)22(27)16-29-21-11-9-20(24)10-12-21/h6-12,14,18H,4-5,13,15-16H2,1-3H3,(H,25,28)/t18-/m1/s1. The molecule has 2 aromatic carbocycles. The number of aryl methyl sites for hydroxylation is 1. The second kappa shape index (κ2) is 11.5. The van der Waals surface area contributed by atoms with Crippen LogP contribution in [0.5, 0.6) is 5.75 Å². The SMILES string of the molecule is CCCCNC(=O)[C@@H](C)N(Cc1cccc(C)c1)C(=O)COc1ccc(Cl)cc1. The Morgan fingerprint density at radius 1 is 1.17 bits per heavy atom. The van der Waals surface area contributed by atoms with Crippen molar-refractivity contribution in [3.05, 3.63) is 64.7 Å². The van der Waals surface area contributed by atoms with Gasteiger partial charge in [-0.3, -0.25) is 9.59 Å². The molecule has 6 heteroatoms. The van der Waals surface area contributed by atoms with Crippen LogP contribution in [0, 0.1) is 6.92 Å². The zero-order valence-corrected chi connectivity index (χ0v) is 18.0. The average Bonchev–Trinajstić information content (AvgIpc) is 2.71. The van der Waals surface area contributed by atoms with Crippen LogP contribution < -0.4 is 10.1 Å². The van der Waals surface area contributed by atoms with E-state index >= 15 is 0 Å². The van der Waals surface area contributed by atoms with Crippen LogP contribution >= 0.6 is 11.6 Å². The third kappa shape index (κ3) is 7.42. The van der Waals surface area contributed by atoms with Crippen molar-refractivity contribution in [3.63, 3.8) is 0 Å². The third-order valence-electron chi connectivity index (χ3n) is 4.61. The minimum absolute atomic E-state index is 0.153. The van der Waals surface area contributed by atoms with Crippen LogP contribution in [0.1, 0.15) is 37.8 Å². The number of ether oxygens (including phenoxy) is 1. The van der Waals surface area contributed by atoms with Crippen molar-refractivity contribution < 1.29 is 14.3 Å². The number of carbonyl (C=O) groups is 2. The van der Waals surface area contributed by atoms with E-state index in [2.05, 4.69) is 12.2 Å². The molecule has 0 aliphatic heterocycles. The number of nitrogens with one attached hydrogen (secondary N) is 1. The van der Waals surface area contributed by atoms with Crippen molar-refractivity contribution >= 4 is 23.4 Å². The van der Waals surface area contributed by atoms with Crippen molar-refractivity contribution in [1.82, 2.24) is 10.2 Å². The number of hydrogen-bond acceptors (Lipinski definition) is 3. The summed E-state index contributed by atoms with van der Waals surface area (Å²) in [6.07, 6.45) is 1.90. The highest BCUT2D eigenvalue weighted by Crippen LogP contribution is 2.16. The van der Waals surface area contributed by atoms with Gasteiger partial charge >= 0.3 is 0 Å². The van der Waals surface area contributed by atoms with Gasteiger partial charge in [-0.1, -0.05) is 54.8 Å². The van der Waals surface area contributed by atoms with E-state index in [1.165, 1.54) is 0 Å². The zero-order valence-electron chi connectivity index (χ0n) is 17.3. The van der Waals surface area contributed by atoms with Gasteiger partial charge in [-0.15, -0.1) is 0 Å². The van der Waals surface area contributed by atoms with Gasteiger partial charge in [-0.2, -0.15) is 0 Å². The maximum atomic E-state index is 12.9. The van der Waals surface area contributed by atoms with Gasteiger partial charge in [0.1, 0.15) is 11.8 Å². The maximum Gasteiger partial charge on any atom is 0.261 e. The van der Waals surface area contributed by atoms with E-state index in [0.717, 1.165) is 24.0 Å². The summed E-state index contributed by atoms with van der Waals surface area (Å²) in [6, 6.07) is 14.1. The summed E-state index contributed by atoms with van der Waals surface area (Å²) in [5.41, 5.74) is 2.07. The average molecular weight is 417 g/mol. The smallest absolute Gasteiger partial charge is 0.261 e. The Bertz CT molecular complexity index is 808. The summed E-state index contributed by atoms with van der Waals surface area (Å²) in [6.45, 7) is 6.61. The first-order valence-electron chi connectivity index (χ1n) is 9.91. The molecule has 0 aliphatic carbocycles. The number of nitrogens with zero attached hydrogens (tertiary/aromatic N) is 1. The molecular formula is C23H29ClN2O3. The first kappa shape index (κ1) is 22.8. The lowest BCUT2D eigenvalue weighted by molar-refractivity contribution is -0.142. The van der Waals surface area contributed by atoms with Gasteiger partial charge in [-0.25, -0.2) is 0 Å². The van der Waals surface area contributed by atoms with E-state index < -0.39 is 6.04 Å². The van der Waals surface area contributed by atoms with E-state index in [9.17, 15) is 9.59 Å². The van der Waals surface area contributed by atoms with Crippen LogP contribution in [-0.2, 0) is 16.1 Å². The van der Waals surface area contributed by atoms with E-state index in [-0.39, 0.29) is 18.4 Å². The van der Waals surface area contributed by atoms with Crippen LogP contribution in [0.3, 0.4) is 0 Å². The fraction of sp³-hybridized carbons (Fsp3) is 0.391. The maximum absolute atomic E-state index is 12.9. The number of halogens is 1. The normalized spacial score (nSPS) is 11.6. The predicted octanol–water partition coefficient (Wildman–Crippen LogP) is 4.36. The molecule has 2 aromatic rings. The highest BCUT2D eigenvalue weighted by Gasteiger charge is 2.26. The second-order valence-corrected chi connectivity index (χ2v) is 7.51. The van der Waals surface area contributed by atoms with Crippen molar-refractivity contribution in [2.75, 3.05) is 13.2 Å². The molecule has 0 heterocycles. The van der Waals surface area contributed by atoms with Crippen LogP contribution in [0.2, 0.25) is 5.02 Å². The summed E-state index contributed by atoms with van der Waals surface area (Å²) in [7, 11) is 0. The quantitative estimate of drug-likeness (QED) is 0.585. The first-order chi connectivity index (χ1) is 13.9. The summed E-state index contributed by atoms with van der Waals surface area (Å²) in [5.74, 6) is 0.142. The fourth-order valence-corrected chi connectivity index (χ4v) is 3.01. The van der Waals surface area contributed by atoms with Gasteiger partial charge < -0.3 is 15.0 Å². The molecule has 2 rings (SSSR count). The fourth-order valence-electron chi connectivity index (χ4n) is 2.88. The monoisotopic (exact) mass is 416 g/mol. The van der Waals surface area contributed by atoms with E-state index in [4.69, 9.17) is 16.3 Å². The molecule has 0 radical (unpaired) electrons. The van der Waals surface area contributed by atoms with E-state index in [1.54, 1.807) is 36.1 Å². The number of amides is 2. The third-order valence-corrected chi connectivity index (χ3v) is 4.86. The highest BCUT2D eigenvalue weighted by molar-refractivity contribution is 6.30. The van der Waals surface area contributed by atoms with Gasteiger partial charge in [-0.05, 0) is 50.1 Å². The minimum Gasteiger partial charge on any atom is -0.484 e. The molecule has 0 fully saturated rings. The molecule has 0 aromatic heterocycles. The van der Waals surface area contributed by atoms with Crippen molar-refractivity contribution in [3.8, 4) is 5.75 Å². The Morgan fingerprint density at radius 3 is 2.55 bits per heavy atom. The molecule has 0 spiro atoms. The lowest BCUT2D eigenvalue weighted by atomic mass is 10.1. The summed E-state index contributed by atoms with van der Waals surface area (Å²) in [4.78, 5) is 27.1. The molecular weight excluding hydrogens is 388 g/mol. The number of hydrogen-bond donors (Lipinski definition) is 1. The topological polar surface area (TPSA) is 58.6 Å². The van der Waals surface area contributed by atoms with Gasteiger partial charge in [0, 0.05) is 18.1 Å². The second-order valence-electron chi connectivity index (χ2n) is 7.07. The van der Waals surface area contributed by atoms with Crippen LogP contribution in [0.15, 0.2) is 48.5 Å². The number of rotatable bonds is 10. The Hall–Kier alpha value is -2.53. The number of unbranched alkanes of at least 4 members (excludes halogenated alkanes) is 1. The molecule has 0 saturated carbocycles. The predicted molar refractivity (Wildman–Crippen MR) is 116 cm³/mol. The summed E-state index contributed by atoms with van der Waals surface area (Å²) < 4.78 is 5.61. The lowest BCUT2D eigenvalue weighted by Gasteiger charge is -2.29. The molecule has 0 bridgehead atoms. The zero-order chi connectivity index (χ0) is 21.2. The first-order valence-corrected chi connectivity index (χ1v) is 10.3. The van der Waals surface area contributed by atoms with Gasteiger partial charge in [0.25, 0.3) is 5.91 Å². The Labute approximate surface area is 178 Å². The number of benzene rings is 2. The molecule has 2 amide bonds. The summed E-state index contributed by atoms with van der Waals surface area (Å²) in [5, 5.41) is 3.51. The molecule has 1 atom stereocenters. The molecule has 0 saturated heterocycles. The van der Waals surface area contributed by atoms with Crippen molar-refractivity contribution in [1.29, 1.82) is 0 Å². The Balaban J connectivity index is 2.10. The highest BCUT2D eigenvalue weighted by atomic mass is 35.5. The van der Waals surface area contributed by atoms with Gasteiger partial charge in [0.05, 0.1) is 0 Å². The van der Waals surface area contributed by atoms with E-state index in [0.29, 0.717) is 23.9 Å². The lowest BCUT2D eigenvalue weighted by Crippen LogP contribution is -2.49. The minimum atomic E-state index is -0.603. The number of carbonyl (C=O) groups excluding carboxylic acids is 2. The largest absolute Gasteiger partial charge is 0.484 e. The Kier molecular flexibility index (Phi) is 9.00. The van der Waals surface area contributed by atoms with Crippen LogP contribution in [0.25, 0.3) is 0 Å². The van der Waals surface area contributed by atoms with Crippen molar-refractivity contribution in [2.24, 2.45) is 0 Å². The summed E-state index contributed by atoms with van der Waals surface area (Å²) >= 11 is 5.88. The molecule has 29 heavy (non-hydrogen) atoms. The van der Waals surface area contributed by atoms with Gasteiger partial charge in [0.2, 0.25) is 5.91 Å². The van der Waals surface area contributed by atoms with Crippen molar-refractivity contribution in [2.45, 2.75) is 46.2 Å². The molecule has 0 aliphatic rings. The van der Waals surface area contributed by atoms with E-state index in [1.807, 2.05) is 31.2 Å². The van der Waals surface area contributed by atoms with Crippen LogP contribution in [0.4, 0.5) is 0 Å². The molecule has 1 N–H and O–H groups in total.